The molecule has 0 spiro atoms. The summed E-state index contributed by atoms with van der Waals surface area (Å²) in [6.45, 7) is 6.62. The predicted molar refractivity (Wildman–Crippen MR) is 54.6 cm³/mol. The maximum atomic E-state index is 11.4. The van der Waals surface area contributed by atoms with Crippen LogP contribution in [0.15, 0.2) is 12.2 Å². The first kappa shape index (κ1) is 13.3. The van der Waals surface area contributed by atoms with E-state index >= 15 is 0 Å². The maximum Gasteiger partial charge on any atom is 0.215 e. The van der Waals surface area contributed by atoms with E-state index in [-0.39, 0.29) is 10.4 Å². The molecule has 0 aromatic carbocycles. The maximum absolute atomic E-state index is 11.4. The van der Waals surface area contributed by atoms with Crippen molar-refractivity contribution in [1.82, 2.24) is 0 Å². The summed E-state index contributed by atoms with van der Waals surface area (Å²) in [5.74, 6) is 0.0208. The van der Waals surface area contributed by atoms with Crippen molar-refractivity contribution in [3.63, 3.8) is 0 Å². The fraction of sp³-hybridized carbons (Fsp3) is 0.700. The molecule has 0 saturated heterocycles. The minimum Gasteiger partial charge on any atom is -0.382 e. The van der Waals surface area contributed by atoms with E-state index in [4.69, 9.17) is 9.57 Å². The highest BCUT2D eigenvalue weighted by Crippen LogP contribution is 2.02. The average Bonchev–Trinajstić information content (AvgIpc) is 2.03. The number of methoxy groups -OCH3 is 1. The molecule has 0 aliphatic carbocycles. The molecule has 0 amide bonds. The molecule has 0 bridgehead atoms. The van der Waals surface area contributed by atoms with Crippen molar-refractivity contribution in [2.24, 2.45) is 0 Å². The molecule has 82 valence electrons. The van der Waals surface area contributed by atoms with Crippen molar-refractivity contribution >= 4 is 5.78 Å². The van der Waals surface area contributed by atoms with Crippen molar-refractivity contribution in [2.75, 3.05) is 41.0 Å². The molecule has 4 heteroatoms. The van der Waals surface area contributed by atoms with Crippen LogP contribution in [-0.4, -0.2) is 51.4 Å². The third-order valence-corrected chi connectivity index (χ3v) is 1.73. The summed E-state index contributed by atoms with van der Waals surface area (Å²) in [6, 6.07) is 0. The Balaban J connectivity index is 3.93. The number of hydrogen-bond donors (Lipinski definition) is 0. The molecular formula is C10H20NO3+. The van der Waals surface area contributed by atoms with E-state index in [2.05, 4.69) is 6.58 Å². The first-order chi connectivity index (χ1) is 6.39. The highest BCUT2D eigenvalue weighted by atomic mass is 16.7. The van der Waals surface area contributed by atoms with Crippen molar-refractivity contribution in [1.29, 1.82) is 0 Å². The van der Waals surface area contributed by atoms with E-state index in [0.717, 1.165) is 0 Å². The lowest BCUT2D eigenvalue weighted by molar-refractivity contribution is -1.07. The van der Waals surface area contributed by atoms with Crippen LogP contribution in [0.3, 0.4) is 0 Å². The van der Waals surface area contributed by atoms with Gasteiger partial charge in [-0.2, -0.15) is 4.65 Å². The van der Waals surface area contributed by atoms with Gasteiger partial charge in [-0.1, -0.05) is 6.58 Å². The molecule has 0 unspecified atom stereocenters. The second-order valence-electron chi connectivity index (χ2n) is 3.76. The summed E-state index contributed by atoms with van der Waals surface area (Å²) in [7, 11) is 5.27. The van der Waals surface area contributed by atoms with Gasteiger partial charge in [-0.15, -0.1) is 0 Å². The Kier molecular flexibility index (Phi) is 5.60. The number of hydroxylamine groups is 3. The Morgan fingerprint density at radius 2 is 1.93 bits per heavy atom. The Bertz CT molecular complexity index is 211. The summed E-state index contributed by atoms with van der Waals surface area (Å²) in [5.41, 5.74) is 0.562. The van der Waals surface area contributed by atoms with Crippen molar-refractivity contribution in [2.45, 2.75) is 6.92 Å². The smallest absolute Gasteiger partial charge is 0.215 e. The number of ketones is 1. The number of likely N-dealkylation sites (N-methyl/N-ethyl adjacent to an activating group) is 1. The van der Waals surface area contributed by atoms with E-state index in [9.17, 15) is 4.79 Å². The Morgan fingerprint density at radius 3 is 2.36 bits per heavy atom. The summed E-state index contributed by atoms with van der Waals surface area (Å²) >= 11 is 0. The van der Waals surface area contributed by atoms with Gasteiger partial charge < -0.3 is 4.74 Å². The minimum absolute atomic E-state index is 0.0208. The molecule has 0 heterocycles. The third-order valence-electron chi connectivity index (χ3n) is 1.73. The lowest BCUT2D eigenvalue weighted by Crippen LogP contribution is -2.44. The number of hydrogen-bond acceptors (Lipinski definition) is 3. The zero-order valence-electron chi connectivity index (χ0n) is 9.50. The molecule has 0 aliphatic rings. The summed E-state index contributed by atoms with van der Waals surface area (Å²) in [6.07, 6.45) is 0. The number of Topliss-reactive ketones (excluding diaryl/α,β-unsaturated/α-hetero) is 1. The highest BCUT2D eigenvalue weighted by Gasteiger charge is 2.21. The van der Waals surface area contributed by atoms with Crippen LogP contribution in [-0.2, 0) is 14.4 Å². The number of quaternary nitrogens is 1. The van der Waals surface area contributed by atoms with Crippen LogP contribution in [0.4, 0.5) is 0 Å². The van der Waals surface area contributed by atoms with Gasteiger partial charge in [0.1, 0.15) is 6.61 Å². The molecule has 4 nitrogen and oxygen atoms in total. The van der Waals surface area contributed by atoms with E-state index < -0.39 is 0 Å². The molecular weight excluding hydrogens is 182 g/mol. The van der Waals surface area contributed by atoms with Gasteiger partial charge in [0.25, 0.3) is 0 Å². The second-order valence-corrected chi connectivity index (χ2v) is 3.76. The van der Waals surface area contributed by atoms with Gasteiger partial charge in [-0.05, 0) is 12.5 Å². The number of ether oxygens (including phenoxy) is 1. The number of nitrogens with zero attached hydrogens (tertiary/aromatic N) is 1. The van der Waals surface area contributed by atoms with Gasteiger partial charge in [0.05, 0.1) is 20.7 Å². The van der Waals surface area contributed by atoms with Gasteiger partial charge in [0.2, 0.25) is 5.78 Å². The van der Waals surface area contributed by atoms with Gasteiger partial charge in [-0.3, -0.25) is 4.79 Å². The van der Waals surface area contributed by atoms with Crippen LogP contribution in [0, 0.1) is 0 Å². The van der Waals surface area contributed by atoms with Crippen LogP contribution in [0.5, 0.6) is 0 Å². The molecule has 0 fully saturated rings. The first-order valence-corrected chi connectivity index (χ1v) is 4.54. The molecule has 0 N–H and O–H groups in total. The van der Waals surface area contributed by atoms with Crippen LogP contribution in [0.1, 0.15) is 6.92 Å². The largest absolute Gasteiger partial charge is 0.382 e. The van der Waals surface area contributed by atoms with Crippen molar-refractivity contribution in [3.8, 4) is 0 Å². The Labute approximate surface area is 85.6 Å². The Morgan fingerprint density at radius 1 is 1.36 bits per heavy atom. The highest BCUT2D eigenvalue weighted by molar-refractivity contribution is 5.94. The summed E-state index contributed by atoms with van der Waals surface area (Å²) in [4.78, 5) is 16.8. The van der Waals surface area contributed by atoms with Crippen LogP contribution in [0.2, 0.25) is 0 Å². The lowest BCUT2D eigenvalue weighted by atomic mass is 10.2. The molecule has 0 rings (SSSR count). The molecule has 0 aromatic heterocycles. The van der Waals surface area contributed by atoms with Crippen molar-refractivity contribution in [3.05, 3.63) is 12.2 Å². The number of carbonyl (C=O) groups excluding carboxylic acids is 1. The van der Waals surface area contributed by atoms with Gasteiger partial charge in [0, 0.05) is 7.11 Å². The van der Waals surface area contributed by atoms with Gasteiger partial charge >= 0.3 is 0 Å². The molecule has 14 heavy (non-hydrogen) atoms. The zero-order chi connectivity index (χ0) is 11.2. The molecule has 0 saturated carbocycles. The summed E-state index contributed by atoms with van der Waals surface area (Å²) < 4.78 is 5.06. The Hall–Kier alpha value is -0.710. The quantitative estimate of drug-likeness (QED) is 0.265. The number of rotatable bonds is 7. The summed E-state index contributed by atoms with van der Waals surface area (Å²) in [5, 5.41) is 0. The van der Waals surface area contributed by atoms with Crippen LogP contribution in [0.25, 0.3) is 0 Å². The molecule has 0 aromatic rings. The lowest BCUT2D eigenvalue weighted by Gasteiger charge is -2.25. The van der Waals surface area contributed by atoms with Crippen LogP contribution < -0.4 is 0 Å². The fourth-order valence-electron chi connectivity index (χ4n) is 0.894. The van der Waals surface area contributed by atoms with E-state index in [0.29, 0.717) is 25.3 Å². The topological polar surface area (TPSA) is 35.5 Å². The van der Waals surface area contributed by atoms with Gasteiger partial charge in [-0.25, -0.2) is 4.84 Å². The SMILES string of the molecule is C=C(C)C(=O)C[N+](C)(C)OCCOC. The molecule has 0 aliphatic heterocycles. The molecule has 0 atom stereocenters. The zero-order valence-corrected chi connectivity index (χ0v) is 9.50. The van der Waals surface area contributed by atoms with E-state index in [1.165, 1.54) is 0 Å². The van der Waals surface area contributed by atoms with Crippen molar-refractivity contribution < 1.29 is 19.0 Å². The average molecular weight is 202 g/mol. The van der Waals surface area contributed by atoms with Gasteiger partial charge in [0.15, 0.2) is 6.54 Å². The standard InChI is InChI=1S/C10H20NO3/c1-9(2)10(12)8-11(3,4)14-7-6-13-5/h1,6-8H2,2-5H3/q+1. The normalized spacial score (nSPS) is 11.4. The fourth-order valence-corrected chi connectivity index (χ4v) is 0.894. The number of carbonyl (C=O) groups is 1. The molecule has 0 radical (unpaired) electrons. The third kappa shape index (κ3) is 5.85. The monoisotopic (exact) mass is 202 g/mol. The van der Waals surface area contributed by atoms with E-state index in [1.54, 1.807) is 14.0 Å². The first-order valence-electron chi connectivity index (χ1n) is 4.54. The minimum atomic E-state index is 0.0208. The van der Waals surface area contributed by atoms with E-state index in [1.807, 2.05) is 14.1 Å². The van der Waals surface area contributed by atoms with Crippen LogP contribution >= 0.6 is 0 Å². The second kappa shape index (κ2) is 5.90. The predicted octanol–water partition coefficient (Wildman–Crippen LogP) is 0.786.